The fraction of sp³-hybridized carbons (Fsp3) is 0.222. The van der Waals surface area contributed by atoms with Gasteiger partial charge in [0.25, 0.3) is 0 Å². The number of rotatable bonds is 6. The van der Waals surface area contributed by atoms with E-state index in [1.807, 2.05) is 60.3 Å². The van der Waals surface area contributed by atoms with Crippen LogP contribution in [0.15, 0.2) is 59.4 Å². The molecule has 25 heavy (non-hydrogen) atoms. The molecule has 7 heteroatoms. The molecule has 2 heterocycles. The van der Waals surface area contributed by atoms with Crippen molar-refractivity contribution in [2.45, 2.75) is 19.9 Å². The predicted octanol–water partition coefficient (Wildman–Crippen LogP) is 2.54. The van der Waals surface area contributed by atoms with Crippen molar-refractivity contribution >= 4 is 10.1 Å². The predicted molar refractivity (Wildman–Crippen MR) is 91.5 cm³/mol. The first-order chi connectivity index (χ1) is 11.9. The normalized spacial score (nSPS) is 11.6. The highest BCUT2D eigenvalue weighted by molar-refractivity contribution is 7.85. The van der Waals surface area contributed by atoms with E-state index in [-0.39, 0.29) is 12.2 Å². The Kier molecular flexibility index (Phi) is 4.96. The van der Waals surface area contributed by atoms with Crippen molar-refractivity contribution in [3.63, 3.8) is 0 Å². The van der Waals surface area contributed by atoms with Gasteiger partial charge in [0, 0.05) is 35.4 Å². The van der Waals surface area contributed by atoms with Crippen molar-refractivity contribution in [3.8, 4) is 22.8 Å². The number of hydrogen-bond donors (Lipinski definition) is 0. The molecule has 0 fully saturated rings. The Morgan fingerprint density at radius 3 is 2.40 bits per heavy atom. The summed E-state index contributed by atoms with van der Waals surface area (Å²) in [6.07, 6.45) is 5.59. The SMILES string of the molecule is Cc1ccc(-c2cnc(-c3cc[n+](CCCS(=O)(=O)[O-])cc3)o2)cc1. The summed E-state index contributed by atoms with van der Waals surface area (Å²) in [6.45, 7) is 2.49. The zero-order chi connectivity index (χ0) is 17.9. The van der Waals surface area contributed by atoms with Crippen LogP contribution in [0, 0.1) is 6.92 Å². The van der Waals surface area contributed by atoms with Crippen LogP contribution in [-0.4, -0.2) is 23.7 Å². The zero-order valence-electron chi connectivity index (χ0n) is 13.8. The van der Waals surface area contributed by atoms with Crippen molar-refractivity contribution in [2.75, 3.05) is 5.75 Å². The summed E-state index contributed by atoms with van der Waals surface area (Å²) in [5.41, 5.74) is 2.97. The minimum absolute atomic E-state index is 0.284. The van der Waals surface area contributed by atoms with E-state index in [0.717, 1.165) is 11.1 Å². The second-order valence-electron chi connectivity index (χ2n) is 5.84. The maximum Gasteiger partial charge on any atom is 0.227 e. The Bertz CT molecular complexity index is 946. The summed E-state index contributed by atoms with van der Waals surface area (Å²) in [7, 11) is -4.16. The van der Waals surface area contributed by atoms with Gasteiger partial charge in [-0.05, 0) is 6.92 Å². The standard InChI is InChI=1S/C18H18N2O4S/c1-14-3-5-15(6-4-14)17-13-19-18(24-17)16-7-10-20(11-8-16)9-2-12-25(21,22)23/h3-8,10-11,13H,2,9,12H2,1H3. The van der Waals surface area contributed by atoms with Gasteiger partial charge in [-0.1, -0.05) is 29.8 Å². The maximum atomic E-state index is 10.6. The van der Waals surface area contributed by atoms with Gasteiger partial charge in [0.15, 0.2) is 18.2 Å². The monoisotopic (exact) mass is 358 g/mol. The lowest BCUT2D eigenvalue weighted by atomic mass is 10.1. The van der Waals surface area contributed by atoms with Crippen LogP contribution in [0.25, 0.3) is 22.8 Å². The highest BCUT2D eigenvalue weighted by Crippen LogP contribution is 2.25. The van der Waals surface area contributed by atoms with E-state index >= 15 is 0 Å². The smallest absolute Gasteiger partial charge is 0.227 e. The third-order valence-electron chi connectivity index (χ3n) is 3.79. The summed E-state index contributed by atoms with van der Waals surface area (Å²) < 4.78 is 39.5. The van der Waals surface area contributed by atoms with Crippen molar-refractivity contribution in [1.82, 2.24) is 4.98 Å². The first-order valence-electron chi connectivity index (χ1n) is 7.87. The van der Waals surface area contributed by atoms with E-state index in [1.54, 1.807) is 6.20 Å². The van der Waals surface area contributed by atoms with Crippen LogP contribution >= 0.6 is 0 Å². The third kappa shape index (κ3) is 4.74. The van der Waals surface area contributed by atoms with Crippen LogP contribution in [0.4, 0.5) is 0 Å². The van der Waals surface area contributed by atoms with E-state index in [1.165, 1.54) is 5.56 Å². The van der Waals surface area contributed by atoms with E-state index in [2.05, 4.69) is 4.98 Å². The van der Waals surface area contributed by atoms with E-state index in [0.29, 0.717) is 18.2 Å². The quantitative estimate of drug-likeness (QED) is 0.499. The summed E-state index contributed by atoms with van der Waals surface area (Å²) in [5.74, 6) is 0.860. The molecule has 0 aliphatic carbocycles. The lowest BCUT2D eigenvalue weighted by Gasteiger charge is -2.04. The van der Waals surface area contributed by atoms with Gasteiger partial charge in [0.05, 0.1) is 16.3 Å². The van der Waals surface area contributed by atoms with Crippen LogP contribution in [0.1, 0.15) is 12.0 Å². The summed E-state index contributed by atoms with van der Waals surface area (Å²) in [6, 6.07) is 11.7. The molecule has 0 aliphatic rings. The Balaban J connectivity index is 1.69. The molecular weight excluding hydrogens is 340 g/mol. The summed E-state index contributed by atoms with van der Waals surface area (Å²) in [5, 5.41) is 0. The Hall–Kier alpha value is -2.51. The van der Waals surface area contributed by atoms with Crippen molar-refractivity contribution in [3.05, 3.63) is 60.6 Å². The molecule has 3 rings (SSSR count). The fourth-order valence-corrected chi connectivity index (χ4v) is 2.91. The Morgan fingerprint density at radius 1 is 1.08 bits per heavy atom. The van der Waals surface area contributed by atoms with Crippen LogP contribution in [-0.2, 0) is 16.7 Å². The zero-order valence-corrected chi connectivity index (χ0v) is 14.6. The van der Waals surface area contributed by atoms with Gasteiger partial charge in [-0.2, -0.15) is 0 Å². The number of pyridine rings is 1. The molecule has 6 nitrogen and oxygen atoms in total. The van der Waals surface area contributed by atoms with Gasteiger partial charge >= 0.3 is 0 Å². The summed E-state index contributed by atoms with van der Waals surface area (Å²) in [4.78, 5) is 4.31. The van der Waals surface area contributed by atoms with Gasteiger partial charge in [-0.15, -0.1) is 0 Å². The van der Waals surface area contributed by atoms with Crippen molar-refractivity contribution < 1.29 is 22.0 Å². The highest BCUT2D eigenvalue weighted by atomic mass is 32.2. The van der Waals surface area contributed by atoms with Gasteiger partial charge in [0.2, 0.25) is 5.89 Å². The second kappa shape index (κ2) is 7.16. The minimum Gasteiger partial charge on any atom is -0.748 e. The van der Waals surface area contributed by atoms with E-state index in [4.69, 9.17) is 4.42 Å². The fourth-order valence-electron chi connectivity index (χ4n) is 2.43. The molecule has 0 atom stereocenters. The molecule has 0 aliphatic heterocycles. The molecule has 0 spiro atoms. The van der Waals surface area contributed by atoms with Gasteiger partial charge in [-0.25, -0.2) is 18.0 Å². The molecule has 3 aromatic rings. The molecule has 0 unspecified atom stereocenters. The molecular formula is C18H18N2O4S. The number of oxazole rings is 1. The van der Waals surface area contributed by atoms with Crippen LogP contribution in [0.2, 0.25) is 0 Å². The molecule has 0 N–H and O–H groups in total. The Morgan fingerprint density at radius 2 is 1.76 bits per heavy atom. The van der Waals surface area contributed by atoms with Crippen molar-refractivity contribution in [1.29, 1.82) is 0 Å². The lowest BCUT2D eigenvalue weighted by Crippen LogP contribution is -2.33. The molecule has 0 amide bonds. The second-order valence-corrected chi connectivity index (χ2v) is 7.36. The lowest BCUT2D eigenvalue weighted by molar-refractivity contribution is -0.696. The molecule has 0 radical (unpaired) electrons. The molecule has 1 aromatic carbocycles. The van der Waals surface area contributed by atoms with Gasteiger partial charge in [0.1, 0.15) is 6.54 Å². The third-order valence-corrected chi connectivity index (χ3v) is 4.58. The largest absolute Gasteiger partial charge is 0.748 e. The van der Waals surface area contributed by atoms with Crippen LogP contribution in [0.3, 0.4) is 0 Å². The van der Waals surface area contributed by atoms with Crippen LogP contribution in [0.5, 0.6) is 0 Å². The number of aryl methyl sites for hydroxylation is 2. The molecule has 2 aromatic heterocycles. The molecule has 0 saturated carbocycles. The summed E-state index contributed by atoms with van der Waals surface area (Å²) >= 11 is 0. The van der Waals surface area contributed by atoms with Crippen LogP contribution < -0.4 is 4.57 Å². The van der Waals surface area contributed by atoms with E-state index < -0.39 is 10.1 Å². The number of hydrogen-bond acceptors (Lipinski definition) is 5. The maximum absolute atomic E-state index is 10.6. The molecule has 0 saturated heterocycles. The van der Waals surface area contributed by atoms with Crippen molar-refractivity contribution in [2.24, 2.45) is 0 Å². The average Bonchev–Trinajstić information content (AvgIpc) is 3.05. The number of aromatic nitrogens is 2. The first kappa shape index (κ1) is 17.3. The van der Waals surface area contributed by atoms with Gasteiger partial charge in [-0.3, -0.25) is 0 Å². The Labute approximate surface area is 146 Å². The van der Waals surface area contributed by atoms with Gasteiger partial charge < -0.3 is 8.97 Å². The molecule has 130 valence electrons. The minimum atomic E-state index is -4.16. The van der Waals surface area contributed by atoms with E-state index in [9.17, 15) is 13.0 Å². The first-order valence-corrected chi connectivity index (χ1v) is 9.44. The topological polar surface area (TPSA) is 87.1 Å². The highest BCUT2D eigenvalue weighted by Gasteiger charge is 2.10. The number of nitrogens with zero attached hydrogens (tertiary/aromatic N) is 2. The number of benzene rings is 1. The average molecular weight is 358 g/mol. The molecule has 0 bridgehead atoms.